The zero-order valence-corrected chi connectivity index (χ0v) is 15.3. The summed E-state index contributed by atoms with van der Waals surface area (Å²) in [6.45, 7) is 12.7. The number of aliphatic hydroxyl groups is 1. The van der Waals surface area contributed by atoms with Crippen LogP contribution >= 0.6 is 11.6 Å². The van der Waals surface area contributed by atoms with E-state index in [-0.39, 0.29) is 11.0 Å². The van der Waals surface area contributed by atoms with Gasteiger partial charge >= 0.3 is 0 Å². The zero-order valence-electron chi connectivity index (χ0n) is 14.5. The van der Waals surface area contributed by atoms with E-state index >= 15 is 0 Å². The molecular formula is C18H31ClNO2+. The van der Waals surface area contributed by atoms with Gasteiger partial charge in [-0.15, -0.1) is 0 Å². The molecule has 0 radical (unpaired) electrons. The van der Waals surface area contributed by atoms with Gasteiger partial charge in [0.15, 0.2) is 0 Å². The maximum Gasteiger partial charge on any atom is 0.126 e. The fourth-order valence-electron chi connectivity index (χ4n) is 2.86. The number of aliphatic hydroxyl groups excluding tert-OH is 1. The van der Waals surface area contributed by atoms with Crippen LogP contribution in [0, 0.1) is 5.41 Å². The summed E-state index contributed by atoms with van der Waals surface area (Å²) >= 11 is 5.84. The summed E-state index contributed by atoms with van der Waals surface area (Å²) in [4.78, 5) is 0. The second kappa shape index (κ2) is 8.30. The summed E-state index contributed by atoms with van der Waals surface area (Å²) in [5.41, 5.74) is 1.47. The highest BCUT2D eigenvalue weighted by Crippen LogP contribution is 2.24. The van der Waals surface area contributed by atoms with Gasteiger partial charge in [-0.25, -0.2) is 0 Å². The highest BCUT2D eigenvalue weighted by atomic mass is 35.5. The number of nitrogens with two attached hydrogens (primary N) is 1. The Morgan fingerprint density at radius 1 is 1.14 bits per heavy atom. The van der Waals surface area contributed by atoms with Gasteiger partial charge in [-0.05, 0) is 37.0 Å². The number of quaternary nitrogens is 1. The van der Waals surface area contributed by atoms with E-state index in [2.05, 4.69) is 39.9 Å². The van der Waals surface area contributed by atoms with Crippen molar-refractivity contribution < 1.29 is 15.2 Å². The third-order valence-corrected chi connectivity index (χ3v) is 3.67. The van der Waals surface area contributed by atoms with Gasteiger partial charge in [-0.1, -0.05) is 44.5 Å². The van der Waals surface area contributed by atoms with Crippen molar-refractivity contribution in [1.29, 1.82) is 0 Å². The van der Waals surface area contributed by atoms with Crippen LogP contribution in [0.1, 0.15) is 46.6 Å². The minimum Gasteiger partial charge on any atom is -0.385 e. The predicted molar refractivity (Wildman–Crippen MR) is 92.1 cm³/mol. The maximum atomic E-state index is 10.1. The topological polar surface area (TPSA) is 46.1 Å². The molecule has 0 saturated heterocycles. The number of benzene rings is 1. The Kier molecular flexibility index (Phi) is 7.33. The minimum atomic E-state index is -0.452. The summed E-state index contributed by atoms with van der Waals surface area (Å²) in [6.07, 6.45) is 0.643. The molecule has 0 aromatic heterocycles. The maximum absolute atomic E-state index is 10.1. The number of rotatable bonds is 8. The molecule has 0 saturated carbocycles. The summed E-state index contributed by atoms with van der Waals surface area (Å²) in [7, 11) is 0. The van der Waals surface area contributed by atoms with Crippen LogP contribution in [-0.4, -0.2) is 29.9 Å². The first-order valence-electron chi connectivity index (χ1n) is 7.92. The van der Waals surface area contributed by atoms with Crippen LogP contribution < -0.4 is 5.32 Å². The van der Waals surface area contributed by atoms with Gasteiger partial charge in [0.05, 0.1) is 18.8 Å². The molecule has 0 amide bonds. The van der Waals surface area contributed by atoms with E-state index in [0.717, 1.165) is 17.0 Å². The second-order valence-electron chi connectivity index (χ2n) is 7.96. The van der Waals surface area contributed by atoms with Crippen molar-refractivity contribution in [3.8, 4) is 0 Å². The van der Waals surface area contributed by atoms with Crippen LogP contribution in [0.5, 0.6) is 0 Å². The molecule has 0 spiro atoms. The molecule has 0 aliphatic rings. The van der Waals surface area contributed by atoms with E-state index in [1.165, 1.54) is 0 Å². The largest absolute Gasteiger partial charge is 0.385 e. The molecule has 1 aromatic rings. The standard InChI is InChI=1S/C18H30ClNO2/c1-17(2,3)13-18(4,5)20-10-16(21)12-22-11-14-6-8-15(19)9-7-14/h6-9,16,20-21H,10-13H2,1-5H3/p+1/t16-/m1/s1. The van der Waals surface area contributed by atoms with Crippen LogP contribution in [0.3, 0.4) is 0 Å². The third-order valence-electron chi connectivity index (χ3n) is 3.42. The Morgan fingerprint density at radius 2 is 1.73 bits per heavy atom. The van der Waals surface area contributed by atoms with Gasteiger partial charge in [-0.2, -0.15) is 0 Å². The summed E-state index contributed by atoms with van der Waals surface area (Å²) in [5.74, 6) is 0. The van der Waals surface area contributed by atoms with Crippen molar-refractivity contribution >= 4 is 11.6 Å². The Labute approximate surface area is 140 Å². The smallest absolute Gasteiger partial charge is 0.126 e. The van der Waals surface area contributed by atoms with Gasteiger partial charge < -0.3 is 15.2 Å². The van der Waals surface area contributed by atoms with Crippen molar-refractivity contribution in [3.05, 3.63) is 34.9 Å². The number of ether oxygens (including phenoxy) is 1. The van der Waals surface area contributed by atoms with E-state index in [1.54, 1.807) is 0 Å². The molecule has 126 valence electrons. The molecule has 1 aromatic carbocycles. The third kappa shape index (κ3) is 8.74. The zero-order chi connectivity index (χ0) is 16.8. The molecule has 4 heteroatoms. The molecule has 3 nitrogen and oxygen atoms in total. The molecule has 0 unspecified atom stereocenters. The van der Waals surface area contributed by atoms with E-state index < -0.39 is 6.10 Å². The van der Waals surface area contributed by atoms with E-state index in [0.29, 0.717) is 19.8 Å². The number of hydrogen-bond donors (Lipinski definition) is 2. The van der Waals surface area contributed by atoms with Crippen LogP contribution in [0.4, 0.5) is 0 Å². The first kappa shape index (κ1) is 19.4. The fraction of sp³-hybridized carbons (Fsp3) is 0.667. The van der Waals surface area contributed by atoms with Crippen molar-refractivity contribution in [2.45, 2.75) is 59.3 Å². The van der Waals surface area contributed by atoms with Crippen molar-refractivity contribution in [2.24, 2.45) is 5.41 Å². The minimum absolute atomic E-state index is 0.120. The second-order valence-corrected chi connectivity index (χ2v) is 8.40. The average Bonchev–Trinajstić information content (AvgIpc) is 2.36. The van der Waals surface area contributed by atoms with Crippen LogP contribution in [0.2, 0.25) is 5.02 Å². The highest BCUT2D eigenvalue weighted by Gasteiger charge is 2.28. The van der Waals surface area contributed by atoms with Crippen LogP contribution in [0.15, 0.2) is 24.3 Å². The molecule has 0 aliphatic carbocycles. The molecule has 1 rings (SSSR count). The SMILES string of the molecule is CC(C)(C)CC(C)(C)[NH2+]C[C@@H](O)COCc1ccc(Cl)cc1. The molecule has 1 atom stereocenters. The van der Waals surface area contributed by atoms with E-state index in [1.807, 2.05) is 24.3 Å². The summed E-state index contributed by atoms with van der Waals surface area (Å²) in [5, 5.41) is 13.0. The van der Waals surface area contributed by atoms with Crippen molar-refractivity contribution in [2.75, 3.05) is 13.2 Å². The number of halogens is 1. The van der Waals surface area contributed by atoms with Crippen LogP contribution in [0.25, 0.3) is 0 Å². The summed E-state index contributed by atoms with van der Waals surface area (Å²) in [6, 6.07) is 7.57. The Balaban J connectivity index is 2.25. The monoisotopic (exact) mass is 328 g/mol. The van der Waals surface area contributed by atoms with Crippen molar-refractivity contribution in [3.63, 3.8) is 0 Å². The number of hydrogen-bond acceptors (Lipinski definition) is 2. The van der Waals surface area contributed by atoms with Crippen LogP contribution in [-0.2, 0) is 11.3 Å². The molecule has 0 aliphatic heterocycles. The Bertz CT molecular complexity index is 437. The lowest BCUT2D eigenvalue weighted by Gasteiger charge is -2.31. The average molecular weight is 329 g/mol. The first-order valence-corrected chi connectivity index (χ1v) is 8.30. The molecule has 0 bridgehead atoms. The van der Waals surface area contributed by atoms with E-state index in [9.17, 15) is 5.11 Å². The summed E-state index contributed by atoms with van der Waals surface area (Å²) < 4.78 is 5.57. The molecule has 22 heavy (non-hydrogen) atoms. The van der Waals surface area contributed by atoms with Crippen molar-refractivity contribution in [1.82, 2.24) is 0 Å². The normalized spacial score (nSPS) is 14.1. The lowest BCUT2D eigenvalue weighted by Crippen LogP contribution is -2.97. The van der Waals surface area contributed by atoms with Gasteiger partial charge in [0.25, 0.3) is 0 Å². The predicted octanol–water partition coefficient (Wildman–Crippen LogP) is 3.00. The van der Waals surface area contributed by atoms with Gasteiger partial charge in [0.2, 0.25) is 0 Å². The van der Waals surface area contributed by atoms with Gasteiger partial charge in [0, 0.05) is 11.4 Å². The molecule has 0 fully saturated rings. The van der Waals surface area contributed by atoms with E-state index in [4.69, 9.17) is 16.3 Å². The lowest BCUT2D eigenvalue weighted by atomic mass is 9.82. The first-order chi connectivity index (χ1) is 10.1. The Hall–Kier alpha value is -0.610. The van der Waals surface area contributed by atoms with Gasteiger partial charge in [0.1, 0.15) is 12.6 Å². The highest BCUT2D eigenvalue weighted by molar-refractivity contribution is 6.30. The van der Waals surface area contributed by atoms with Gasteiger partial charge in [-0.3, -0.25) is 0 Å². The lowest BCUT2D eigenvalue weighted by molar-refractivity contribution is -0.728. The quantitative estimate of drug-likeness (QED) is 0.770. The molecule has 3 N–H and O–H groups in total. The molecule has 0 heterocycles. The molecular weight excluding hydrogens is 298 g/mol. The fourth-order valence-corrected chi connectivity index (χ4v) is 2.98. The Morgan fingerprint density at radius 3 is 2.27 bits per heavy atom.